The largest absolute Gasteiger partial charge is 0.312 e. The highest BCUT2D eigenvalue weighted by atomic mass is 15.1. The van der Waals surface area contributed by atoms with E-state index in [4.69, 9.17) is 0 Å². The lowest BCUT2D eigenvalue weighted by Gasteiger charge is -2.28. The Hall–Kier alpha value is -0.0800. The summed E-state index contributed by atoms with van der Waals surface area (Å²) in [6.45, 7) is 15.3. The molecule has 1 aliphatic rings. The Balaban J connectivity index is 2.21. The molecule has 1 N–H and O–H groups in total. The molecule has 1 saturated heterocycles. The SMILES string of the molecule is CCCC1CCCN(C(C)CCCNC(C)(C)C)CC1. The van der Waals surface area contributed by atoms with Crippen LogP contribution in [0, 0.1) is 5.92 Å². The number of nitrogens with zero attached hydrogens (tertiary/aromatic N) is 1. The lowest BCUT2D eigenvalue weighted by Crippen LogP contribution is -2.38. The van der Waals surface area contributed by atoms with Gasteiger partial charge in [-0.25, -0.2) is 0 Å². The van der Waals surface area contributed by atoms with Gasteiger partial charge in [-0.3, -0.25) is 0 Å². The first-order valence-electron chi connectivity index (χ1n) is 8.91. The van der Waals surface area contributed by atoms with E-state index in [0.29, 0.717) is 0 Å². The zero-order chi connectivity index (χ0) is 15.0. The van der Waals surface area contributed by atoms with Crippen molar-refractivity contribution in [2.75, 3.05) is 19.6 Å². The molecular weight excluding hydrogens is 244 g/mol. The average molecular weight is 283 g/mol. The topological polar surface area (TPSA) is 15.3 Å². The Kier molecular flexibility index (Phi) is 8.13. The maximum atomic E-state index is 3.60. The van der Waals surface area contributed by atoms with Crippen LogP contribution >= 0.6 is 0 Å². The van der Waals surface area contributed by atoms with Gasteiger partial charge in [-0.15, -0.1) is 0 Å². The second kappa shape index (κ2) is 9.04. The normalized spacial score (nSPS) is 23.6. The van der Waals surface area contributed by atoms with E-state index in [0.717, 1.165) is 18.5 Å². The van der Waals surface area contributed by atoms with Crippen LogP contribution in [0.1, 0.15) is 79.6 Å². The third kappa shape index (κ3) is 7.64. The highest BCUT2D eigenvalue weighted by Crippen LogP contribution is 2.23. The zero-order valence-corrected chi connectivity index (χ0v) is 14.7. The summed E-state index contributed by atoms with van der Waals surface area (Å²) in [5.74, 6) is 1.000. The van der Waals surface area contributed by atoms with Crippen molar-refractivity contribution in [1.82, 2.24) is 10.2 Å². The van der Waals surface area contributed by atoms with E-state index in [1.54, 1.807) is 0 Å². The van der Waals surface area contributed by atoms with E-state index in [-0.39, 0.29) is 5.54 Å². The van der Waals surface area contributed by atoms with Crippen LogP contribution in [0.5, 0.6) is 0 Å². The molecule has 1 aliphatic heterocycles. The van der Waals surface area contributed by atoms with Crippen LogP contribution in [-0.4, -0.2) is 36.1 Å². The lowest BCUT2D eigenvalue weighted by atomic mass is 9.96. The van der Waals surface area contributed by atoms with Crippen molar-refractivity contribution in [3.63, 3.8) is 0 Å². The van der Waals surface area contributed by atoms with Crippen LogP contribution in [0.3, 0.4) is 0 Å². The second-order valence-corrected chi connectivity index (χ2v) is 7.79. The predicted molar refractivity (Wildman–Crippen MR) is 90.3 cm³/mol. The third-order valence-corrected chi connectivity index (χ3v) is 4.66. The molecule has 0 radical (unpaired) electrons. The van der Waals surface area contributed by atoms with Crippen molar-refractivity contribution in [1.29, 1.82) is 0 Å². The van der Waals surface area contributed by atoms with Gasteiger partial charge in [0.2, 0.25) is 0 Å². The quantitative estimate of drug-likeness (QED) is 0.694. The van der Waals surface area contributed by atoms with Gasteiger partial charge in [-0.2, -0.15) is 0 Å². The van der Waals surface area contributed by atoms with Crippen molar-refractivity contribution in [3.05, 3.63) is 0 Å². The summed E-state index contributed by atoms with van der Waals surface area (Å²) < 4.78 is 0. The van der Waals surface area contributed by atoms with Gasteiger partial charge in [-0.05, 0) is 85.4 Å². The molecule has 0 bridgehead atoms. The number of nitrogens with one attached hydrogen (secondary N) is 1. The zero-order valence-electron chi connectivity index (χ0n) is 14.7. The molecule has 0 amide bonds. The maximum absolute atomic E-state index is 3.60. The van der Waals surface area contributed by atoms with Crippen LogP contribution < -0.4 is 5.32 Å². The summed E-state index contributed by atoms with van der Waals surface area (Å²) in [6.07, 6.45) is 9.74. The average Bonchev–Trinajstić information content (AvgIpc) is 2.59. The van der Waals surface area contributed by atoms with Crippen LogP contribution in [0.25, 0.3) is 0 Å². The molecule has 1 heterocycles. The van der Waals surface area contributed by atoms with Gasteiger partial charge in [0.05, 0.1) is 0 Å². The maximum Gasteiger partial charge on any atom is 0.00965 e. The summed E-state index contributed by atoms with van der Waals surface area (Å²) in [7, 11) is 0. The minimum atomic E-state index is 0.263. The van der Waals surface area contributed by atoms with Crippen LogP contribution in [-0.2, 0) is 0 Å². The van der Waals surface area contributed by atoms with Crippen molar-refractivity contribution in [2.45, 2.75) is 91.1 Å². The lowest BCUT2D eigenvalue weighted by molar-refractivity contribution is 0.200. The van der Waals surface area contributed by atoms with E-state index >= 15 is 0 Å². The number of hydrogen-bond donors (Lipinski definition) is 1. The van der Waals surface area contributed by atoms with Gasteiger partial charge in [0.1, 0.15) is 0 Å². The molecule has 2 unspecified atom stereocenters. The van der Waals surface area contributed by atoms with Gasteiger partial charge in [0.25, 0.3) is 0 Å². The van der Waals surface area contributed by atoms with Crippen molar-refractivity contribution in [2.24, 2.45) is 5.92 Å². The summed E-state index contributed by atoms with van der Waals surface area (Å²) in [6, 6.07) is 0.761. The highest BCUT2D eigenvalue weighted by molar-refractivity contribution is 4.75. The molecule has 1 fully saturated rings. The third-order valence-electron chi connectivity index (χ3n) is 4.66. The van der Waals surface area contributed by atoms with Gasteiger partial charge in [-0.1, -0.05) is 19.8 Å². The van der Waals surface area contributed by atoms with Crippen molar-refractivity contribution >= 4 is 0 Å². The predicted octanol–water partition coefficient (Wildman–Crippen LogP) is 4.45. The van der Waals surface area contributed by atoms with Crippen LogP contribution in [0.4, 0.5) is 0 Å². The van der Waals surface area contributed by atoms with Gasteiger partial charge < -0.3 is 10.2 Å². The molecule has 0 aromatic heterocycles. The Labute approximate surface area is 127 Å². The van der Waals surface area contributed by atoms with Gasteiger partial charge in [0.15, 0.2) is 0 Å². The van der Waals surface area contributed by atoms with Gasteiger partial charge >= 0.3 is 0 Å². The summed E-state index contributed by atoms with van der Waals surface area (Å²) in [5.41, 5.74) is 0.263. The minimum absolute atomic E-state index is 0.263. The molecule has 20 heavy (non-hydrogen) atoms. The van der Waals surface area contributed by atoms with E-state index in [9.17, 15) is 0 Å². The Morgan fingerprint density at radius 2 is 1.95 bits per heavy atom. The molecule has 120 valence electrons. The molecule has 0 aromatic rings. The monoisotopic (exact) mass is 282 g/mol. The standard InChI is InChI=1S/C18H38N2/c1-6-9-17-11-8-14-20(15-12-17)16(2)10-7-13-19-18(3,4)5/h16-17,19H,6-15H2,1-5H3. The Morgan fingerprint density at radius 3 is 2.60 bits per heavy atom. The molecular formula is C18H38N2. The fourth-order valence-corrected chi connectivity index (χ4v) is 3.37. The van der Waals surface area contributed by atoms with Gasteiger partial charge in [0, 0.05) is 11.6 Å². The Morgan fingerprint density at radius 1 is 1.20 bits per heavy atom. The number of hydrogen-bond acceptors (Lipinski definition) is 2. The molecule has 2 heteroatoms. The van der Waals surface area contributed by atoms with E-state index in [2.05, 4.69) is 44.8 Å². The minimum Gasteiger partial charge on any atom is -0.312 e. The molecule has 0 aromatic carbocycles. The fourth-order valence-electron chi connectivity index (χ4n) is 3.37. The smallest absolute Gasteiger partial charge is 0.00965 e. The highest BCUT2D eigenvalue weighted by Gasteiger charge is 2.20. The number of rotatable bonds is 7. The van der Waals surface area contributed by atoms with E-state index in [1.807, 2.05) is 0 Å². The second-order valence-electron chi connectivity index (χ2n) is 7.79. The first kappa shape index (κ1) is 18.0. The van der Waals surface area contributed by atoms with Crippen LogP contribution in [0.2, 0.25) is 0 Å². The van der Waals surface area contributed by atoms with Crippen molar-refractivity contribution in [3.8, 4) is 0 Å². The first-order valence-corrected chi connectivity index (χ1v) is 8.91. The molecule has 0 saturated carbocycles. The summed E-state index contributed by atoms with van der Waals surface area (Å²) in [5, 5.41) is 3.60. The Bertz CT molecular complexity index is 244. The molecule has 2 nitrogen and oxygen atoms in total. The molecule has 0 aliphatic carbocycles. The molecule has 2 atom stereocenters. The number of likely N-dealkylation sites (tertiary alicyclic amines) is 1. The summed E-state index contributed by atoms with van der Waals surface area (Å²) in [4.78, 5) is 2.74. The van der Waals surface area contributed by atoms with E-state index in [1.165, 1.54) is 58.0 Å². The van der Waals surface area contributed by atoms with E-state index < -0.39 is 0 Å². The molecule has 1 rings (SSSR count). The van der Waals surface area contributed by atoms with Crippen LogP contribution in [0.15, 0.2) is 0 Å². The first-order chi connectivity index (χ1) is 9.42. The summed E-state index contributed by atoms with van der Waals surface area (Å²) >= 11 is 0. The van der Waals surface area contributed by atoms with Crippen molar-refractivity contribution < 1.29 is 0 Å². The fraction of sp³-hybridized carbons (Fsp3) is 1.00. The molecule has 0 spiro atoms.